The fourth-order valence-electron chi connectivity index (χ4n) is 3.20. The maximum atomic E-state index is 12.6. The first-order valence-electron chi connectivity index (χ1n) is 7.85. The monoisotopic (exact) mass is 342 g/mol. The number of rotatable bonds is 3. The van der Waals surface area contributed by atoms with Gasteiger partial charge in [0.1, 0.15) is 4.21 Å². The van der Waals surface area contributed by atoms with Crippen molar-refractivity contribution in [1.29, 1.82) is 0 Å². The third kappa shape index (κ3) is 3.36. The minimum absolute atomic E-state index is 0.0431. The van der Waals surface area contributed by atoms with E-state index >= 15 is 0 Å². The summed E-state index contributed by atoms with van der Waals surface area (Å²) in [7, 11) is -3.43. The molecule has 1 saturated carbocycles. The predicted octanol–water partition coefficient (Wildman–Crippen LogP) is 2.26. The summed E-state index contributed by atoms with van der Waals surface area (Å²) in [5.41, 5.74) is 0.982. The van der Waals surface area contributed by atoms with Crippen LogP contribution >= 0.6 is 11.3 Å². The summed E-state index contributed by atoms with van der Waals surface area (Å²) in [6.07, 6.45) is 6.01. The van der Waals surface area contributed by atoms with Crippen molar-refractivity contribution >= 4 is 27.3 Å². The Morgan fingerprint density at radius 2 is 2.05 bits per heavy atom. The van der Waals surface area contributed by atoms with Crippen LogP contribution in [0.15, 0.2) is 10.3 Å². The molecule has 1 aliphatic carbocycles. The topological polar surface area (TPSA) is 66.5 Å². The third-order valence-electron chi connectivity index (χ3n) is 4.48. The highest BCUT2D eigenvalue weighted by molar-refractivity contribution is 7.91. The lowest BCUT2D eigenvalue weighted by molar-refractivity contribution is -0.129. The average molecular weight is 342 g/mol. The van der Waals surface area contributed by atoms with E-state index in [-0.39, 0.29) is 11.9 Å². The van der Waals surface area contributed by atoms with Gasteiger partial charge in [-0.1, -0.05) is 19.3 Å². The molecule has 0 radical (unpaired) electrons. The van der Waals surface area contributed by atoms with Gasteiger partial charge >= 0.3 is 0 Å². The molecule has 0 saturated heterocycles. The van der Waals surface area contributed by atoms with E-state index in [1.54, 1.807) is 17.9 Å². The lowest BCUT2D eigenvalue weighted by atomic mass is 9.96. The lowest BCUT2D eigenvalue weighted by Crippen LogP contribution is -2.35. The van der Waals surface area contributed by atoms with Crippen LogP contribution in [0.3, 0.4) is 0 Å². The number of nitrogens with one attached hydrogen (secondary N) is 1. The maximum absolute atomic E-state index is 12.6. The van der Waals surface area contributed by atoms with Gasteiger partial charge < -0.3 is 4.90 Å². The lowest BCUT2D eigenvalue weighted by Gasteiger charge is -2.25. The van der Waals surface area contributed by atoms with Crippen LogP contribution < -0.4 is 4.72 Å². The Labute approximate surface area is 135 Å². The fourth-order valence-corrected chi connectivity index (χ4v) is 6.07. The van der Waals surface area contributed by atoms with Crippen LogP contribution in [0.5, 0.6) is 0 Å². The smallest absolute Gasteiger partial charge is 0.250 e. The first kappa shape index (κ1) is 16.0. The molecule has 22 heavy (non-hydrogen) atoms. The number of nitrogens with zero attached hydrogens (tertiary/aromatic N) is 1. The Kier molecular flexibility index (Phi) is 4.56. The van der Waals surface area contributed by atoms with E-state index in [9.17, 15) is 13.2 Å². The van der Waals surface area contributed by atoms with E-state index in [1.807, 2.05) is 0 Å². The van der Waals surface area contributed by atoms with Gasteiger partial charge in [-0.25, -0.2) is 13.1 Å². The van der Waals surface area contributed by atoms with E-state index in [0.29, 0.717) is 17.3 Å². The molecule has 1 N–H and O–H groups in total. The van der Waals surface area contributed by atoms with Crippen LogP contribution in [0.25, 0.3) is 0 Å². The van der Waals surface area contributed by atoms with Crippen molar-refractivity contribution in [2.24, 2.45) is 0 Å². The summed E-state index contributed by atoms with van der Waals surface area (Å²) in [4.78, 5) is 14.3. The van der Waals surface area contributed by atoms with Gasteiger partial charge in [-0.05, 0) is 30.9 Å². The molecule has 1 amide bonds. The molecule has 1 aliphatic heterocycles. The van der Waals surface area contributed by atoms with E-state index in [1.165, 1.54) is 17.8 Å². The molecule has 122 valence electrons. The highest BCUT2D eigenvalue weighted by atomic mass is 32.2. The summed E-state index contributed by atoms with van der Waals surface area (Å²) >= 11 is 1.36. The summed E-state index contributed by atoms with van der Waals surface area (Å²) in [5.74, 6) is 0.0431. The minimum atomic E-state index is -3.43. The largest absolute Gasteiger partial charge is 0.338 e. The van der Waals surface area contributed by atoms with Crippen LogP contribution in [0, 0.1) is 0 Å². The molecule has 3 rings (SSSR count). The Bertz CT molecular complexity index is 660. The zero-order valence-electron chi connectivity index (χ0n) is 12.8. The molecule has 0 atom stereocenters. The van der Waals surface area contributed by atoms with Crippen molar-refractivity contribution in [3.8, 4) is 0 Å². The van der Waals surface area contributed by atoms with Crippen molar-refractivity contribution < 1.29 is 13.2 Å². The number of sulfonamides is 1. The number of carbonyl (C=O) groups is 1. The van der Waals surface area contributed by atoms with Crippen LogP contribution in [-0.2, 0) is 27.8 Å². The SMILES string of the molecule is CC(=O)N1CCc2sc(S(=O)(=O)NC3CCCCC3)cc2C1. The number of carbonyl (C=O) groups excluding carboxylic acids is 1. The molecule has 0 unspecified atom stereocenters. The van der Waals surface area contributed by atoms with Crippen LogP contribution in [0.4, 0.5) is 0 Å². The van der Waals surface area contributed by atoms with Crippen molar-refractivity contribution in [2.45, 2.75) is 62.2 Å². The second-order valence-electron chi connectivity index (χ2n) is 6.16. The van der Waals surface area contributed by atoms with Crippen LogP contribution in [0.2, 0.25) is 0 Å². The number of fused-ring (bicyclic) bond motifs is 1. The van der Waals surface area contributed by atoms with Gasteiger partial charge in [0.15, 0.2) is 0 Å². The summed E-state index contributed by atoms with van der Waals surface area (Å²) in [5, 5.41) is 0. The van der Waals surface area contributed by atoms with E-state index < -0.39 is 10.0 Å². The highest BCUT2D eigenvalue weighted by Crippen LogP contribution is 2.31. The molecule has 1 fully saturated rings. The molecule has 2 heterocycles. The first-order valence-corrected chi connectivity index (χ1v) is 10.1. The highest BCUT2D eigenvalue weighted by Gasteiger charge is 2.27. The van der Waals surface area contributed by atoms with Gasteiger partial charge in [0.05, 0.1) is 0 Å². The number of hydrogen-bond acceptors (Lipinski definition) is 4. The van der Waals surface area contributed by atoms with Gasteiger partial charge in [0.2, 0.25) is 15.9 Å². The summed E-state index contributed by atoms with van der Waals surface area (Å²) in [6.45, 7) is 2.76. The zero-order valence-corrected chi connectivity index (χ0v) is 14.4. The van der Waals surface area contributed by atoms with Crippen molar-refractivity contribution in [1.82, 2.24) is 9.62 Å². The number of hydrogen-bond donors (Lipinski definition) is 1. The molecular formula is C15H22N2O3S2. The first-order chi connectivity index (χ1) is 10.5. The van der Waals surface area contributed by atoms with Crippen molar-refractivity contribution in [3.63, 3.8) is 0 Å². The van der Waals surface area contributed by atoms with Gasteiger partial charge in [-0.3, -0.25) is 4.79 Å². The quantitative estimate of drug-likeness (QED) is 0.916. The molecule has 5 nitrogen and oxygen atoms in total. The van der Waals surface area contributed by atoms with Crippen LogP contribution in [0.1, 0.15) is 49.5 Å². The van der Waals surface area contributed by atoms with E-state index in [2.05, 4.69) is 4.72 Å². The molecule has 0 bridgehead atoms. The second kappa shape index (κ2) is 6.29. The second-order valence-corrected chi connectivity index (χ2v) is 9.24. The predicted molar refractivity (Wildman–Crippen MR) is 86.3 cm³/mol. The van der Waals surface area contributed by atoms with Crippen molar-refractivity contribution in [2.75, 3.05) is 6.54 Å². The maximum Gasteiger partial charge on any atom is 0.250 e. The van der Waals surface area contributed by atoms with Gasteiger partial charge in [-0.15, -0.1) is 11.3 Å². The Balaban J connectivity index is 1.76. The minimum Gasteiger partial charge on any atom is -0.338 e. The van der Waals surface area contributed by atoms with Gasteiger partial charge in [-0.2, -0.15) is 0 Å². The molecule has 1 aromatic rings. The standard InChI is InChI=1S/C15H22N2O3S2/c1-11(18)17-8-7-14-12(10-17)9-15(21-14)22(19,20)16-13-5-3-2-4-6-13/h9,13,16H,2-8,10H2,1H3. The normalized spacial score (nSPS) is 20.0. The van der Waals surface area contributed by atoms with Gasteiger partial charge in [0.25, 0.3) is 0 Å². The Morgan fingerprint density at radius 3 is 2.73 bits per heavy atom. The fraction of sp³-hybridized carbons (Fsp3) is 0.667. The summed E-state index contributed by atoms with van der Waals surface area (Å²) < 4.78 is 28.4. The van der Waals surface area contributed by atoms with Crippen molar-refractivity contribution in [3.05, 3.63) is 16.5 Å². The van der Waals surface area contributed by atoms with Gasteiger partial charge in [0, 0.05) is 30.9 Å². The Hall–Kier alpha value is -0.920. The Morgan fingerprint density at radius 1 is 1.32 bits per heavy atom. The average Bonchev–Trinajstić information content (AvgIpc) is 2.91. The van der Waals surface area contributed by atoms with E-state index in [4.69, 9.17) is 0 Å². The summed E-state index contributed by atoms with van der Waals surface area (Å²) in [6, 6.07) is 1.83. The number of thiophene rings is 1. The molecule has 0 spiro atoms. The molecule has 7 heteroatoms. The molecule has 1 aromatic heterocycles. The molecular weight excluding hydrogens is 320 g/mol. The molecule has 0 aromatic carbocycles. The number of amides is 1. The van der Waals surface area contributed by atoms with E-state index in [0.717, 1.165) is 42.5 Å². The third-order valence-corrected chi connectivity index (χ3v) is 7.71. The zero-order chi connectivity index (χ0) is 15.7. The van der Waals surface area contributed by atoms with Crippen LogP contribution in [-0.4, -0.2) is 31.8 Å². The molecule has 2 aliphatic rings.